The number of benzene rings is 1. The highest BCUT2D eigenvalue weighted by atomic mass is 35.5. The second-order valence-corrected chi connectivity index (χ2v) is 8.25. The molecule has 1 aromatic carbocycles. The van der Waals surface area contributed by atoms with Crippen LogP contribution in [0.15, 0.2) is 12.1 Å². The largest absolute Gasteiger partial charge is 0.490 e. The number of esters is 1. The Morgan fingerprint density at radius 1 is 1.20 bits per heavy atom. The molecule has 30 heavy (non-hydrogen) atoms. The van der Waals surface area contributed by atoms with E-state index in [4.69, 9.17) is 9.47 Å². The van der Waals surface area contributed by atoms with Crippen molar-refractivity contribution in [2.24, 2.45) is 5.92 Å². The van der Waals surface area contributed by atoms with E-state index in [1.54, 1.807) is 12.1 Å². The van der Waals surface area contributed by atoms with Gasteiger partial charge in [0.2, 0.25) is 5.91 Å². The first-order chi connectivity index (χ1) is 13.9. The third-order valence-electron chi connectivity index (χ3n) is 5.44. The molecular weight excluding hydrogens is 408 g/mol. The van der Waals surface area contributed by atoms with Crippen molar-refractivity contribution in [2.75, 3.05) is 18.5 Å². The maximum atomic E-state index is 12.6. The maximum Gasteiger partial charge on any atom is 0.314 e. The van der Waals surface area contributed by atoms with Crippen molar-refractivity contribution >= 4 is 30.0 Å². The van der Waals surface area contributed by atoms with Gasteiger partial charge in [0, 0.05) is 24.6 Å². The van der Waals surface area contributed by atoms with E-state index < -0.39 is 6.10 Å². The second kappa shape index (κ2) is 11.5. The molecule has 0 radical (unpaired) electrons. The summed E-state index contributed by atoms with van der Waals surface area (Å²) in [7, 11) is 0. The van der Waals surface area contributed by atoms with Crippen LogP contribution < -0.4 is 20.1 Å². The zero-order valence-electron chi connectivity index (χ0n) is 17.7. The van der Waals surface area contributed by atoms with Crippen LogP contribution in [0.1, 0.15) is 57.9 Å². The van der Waals surface area contributed by atoms with E-state index in [1.807, 2.05) is 13.8 Å². The maximum absolute atomic E-state index is 12.6. The number of rotatable bonds is 8. The van der Waals surface area contributed by atoms with Gasteiger partial charge in [-0.1, -0.05) is 33.1 Å². The number of fused-ring (bicyclic) bond motifs is 1. The normalized spacial score (nSPS) is 17.5. The lowest BCUT2D eigenvalue weighted by atomic mass is 9.89. The molecule has 3 N–H and O–H groups in total. The Labute approximate surface area is 184 Å². The number of carbonyl (C=O) groups excluding carboxylic acids is 2. The number of halogens is 1. The van der Waals surface area contributed by atoms with Crippen LogP contribution in [0.5, 0.6) is 11.5 Å². The van der Waals surface area contributed by atoms with E-state index in [9.17, 15) is 14.7 Å². The van der Waals surface area contributed by atoms with Crippen molar-refractivity contribution in [3.8, 4) is 11.5 Å². The van der Waals surface area contributed by atoms with Crippen LogP contribution in [0, 0.1) is 5.92 Å². The Bertz CT molecular complexity index is 734. The van der Waals surface area contributed by atoms with Gasteiger partial charge < -0.3 is 25.2 Å². The van der Waals surface area contributed by atoms with Crippen LogP contribution in [0.4, 0.5) is 5.69 Å². The first-order valence-electron chi connectivity index (χ1n) is 10.7. The molecule has 8 heteroatoms. The Hall–Kier alpha value is -1.83. The van der Waals surface area contributed by atoms with E-state index in [0.29, 0.717) is 36.6 Å². The number of aliphatic hydroxyl groups is 1. The molecule has 3 rings (SSSR count). The van der Waals surface area contributed by atoms with E-state index >= 15 is 0 Å². The van der Waals surface area contributed by atoms with Gasteiger partial charge in [0.15, 0.2) is 5.75 Å². The molecule has 1 aromatic rings. The standard InChI is InChI=1S/C22H32N2O5.ClH/c1-14(2)23-12-16(25)13-28-18-9-10-19(21-17(18)8-11-20(26)24-21)29-22(27)15-6-4-3-5-7-15;/h9-10,14-16,23,25H,3-8,11-13H2,1-2H3,(H,24,26);1H. The molecule has 7 nitrogen and oxygen atoms in total. The predicted octanol–water partition coefficient (Wildman–Crippen LogP) is 3.22. The Balaban J connectivity index is 0.00000320. The van der Waals surface area contributed by atoms with Gasteiger partial charge in [-0.25, -0.2) is 0 Å². The average Bonchev–Trinajstić information content (AvgIpc) is 2.72. The lowest BCUT2D eigenvalue weighted by Crippen LogP contribution is -2.35. The lowest BCUT2D eigenvalue weighted by molar-refractivity contribution is -0.140. The molecule has 1 atom stereocenters. The fraction of sp³-hybridized carbons (Fsp3) is 0.636. The van der Waals surface area contributed by atoms with Gasteiger partial charge in [0.1, 0.15) is 18.5 Å². The van der Waals surface area contributed by atoms with Crippen molar-refractivity contribution in [1.29, 1.82) is 0 Å². The molecule has 0 saturated heterocycles. The van der Waals surface area contributed by atoms with Gasteiger partial charge in [-0.2, -0.15) is 0 Å². The SMILES string of the molecule is CC(C)NCC(O)COc1ccc(OC(=O)C2CCCCC2)c2c1CCC(=O)N2.Cl. The molecule has 1 aliphatic carbocycles. The fourth-order valence-corrected chi connectivity index (χ4v) is 3.80. The molecule has 1 amide bonds. The molecule has 168 valence electrons. The highest BCUT2D eigenvalue weighted by Gasteiger charge is 2.27. The highest BCUT2D eigenvalue weighted by molar-refractivity contribution is 5.97. The van der Waals surface area contributed by atoms with Crippen LogP contribution >= 0.6 is 12.4 Å². The van der Waals surface area contributed by atoms with Crippen LogP contribution in [0.2, 0.25) is 0 Å². The summed E-state index contributed by atoms with van der Waals surface area (Å²) in [6.07, 6.45) is 5.19. The zero-order valence-corrected chi connectivity index (χ0v) is 18.6. The fourth-order valence-electron chi connectivity index (χ4n) is 3.80. The molecule has 1 aliphatic heterocycles. The highest BCUT2D eigenvalue weighted by Crippen LogP contribution is 2.39. The monoisotopic (exact) mass is 440 g/mol. The summed E-state index contributed by atoms with van der Waals surface area (Å²) in [6.45, 7) is 4.61. The summed E-state index contributed by atoms with van der Waals surface area (Å²) in [5.74, 6) is 0.568. The van der Waals surface area contributed by atoms with Crippen LogP contribution in [-0.2, 0) is 16.0 Å². The van der Waals surface area contributed by atoms with Crippen LogP contribution in [-0.4, -0.2) is 42.3 Å². The molecule has 1 fully saturated rings. The molecule has 0 aromatic heterocycles. The number of aliphatic hydroxyl groups excluding tert-OH is 1. The summed E-state index contributed by atoms with van der Waals surface area (Å²) in [4.78, 5) is 24.5. The minimum absolute atomic E-state index is 0. The Kier molecular flexibility index (Phi) is 9.39. The van der Waals surface area contributed by atoms with Crippen LogP contribution in [0.3, 0.4) is 0 Å². The number of anilines is 1. The first kappa shape index (κ1) is 24.4. The number of carbonyl (C=O) groups is 2. The van der Waals surface area contributed by atoms with Crippen molar-refractivity contribution < 1.29 is 24.2 Å². The summed E-state index contributed by atoms with van der Waals surface area (Å²) in [6, 6.07) is 3.70. The minimum Gasteiger partial charge on any atom is -0.490 e. The van der Waals surface area contributed by atoms with Crippen molar-refractivity contribution in [3.05, 3.63) is 17.7 Å². The Morgan fingerprint density at radius 3 is 2.60 bits per heavy atom. The van der Waals surface area contributed by atoms with E-state index in [1.165, 1.54) is 6.42 Å². The van der Waals surface area contributed by atoms with Gasteiger partial charge in [-0.3, -0.25) is 9.59 Å². The number of hydrogen-bond donors (Lipinski definition) is 3. The third-order valence-corrected chi connectivity index (χ3v) is 5.44. The number of ether oxygens (including phenoxy) is 2. The number of hydrogen-bond acceptors (Lipinski definition) is 6. The molecule has 1 saturated carbocycles. The topological polar surface area (TPSA) is 96.9 Å². The predicted molar refractivity (Wildman–Crippen MR) is 117 cm³/mol. The van der Waals surface area contributed by atoms with Gasteiger partial charge in [0.05, 0.1) is 11.6 Å². The van der Waals surface area contributed by atoms with Gasteiger partial charge >= 0.3 is 5.97 Å². The molecular formula is C22H33ClN2O5. The Morgan fingerprint density at radius 2 is 1.90 bits per heavy atom. The molecule has 2 aliphatic rings. The van der Waals surface area contributed by atoms with E-state index in [2.05, 4.69) is 10.6 Å². The summed E-state index contributed by atoms with van der Waals surface area (Å²) >= 11 is 0. The lowest BCUT2D eigenvalue weighted by Gasteiger charge is -2.25. The first-order valence-corrected chi connectivity index (χ1v) is 10.7. The van der Waals surface area contributed by atoms with E-state index in [-0.39, 0.29) is 42.9 Å². The summed E-state index contributed by atoms with van der Waals surface area (Å²) in [5, 5.41) is 16.1. The van der Waals surface area contributed by atoms with E-state index in [0.717, 1.165) is 31.2 Å². The third kappa shape index (κ3) is 6.59. The second-order valence-electron chi connectivity index (χ2n) is 8.25. The quantitative estimate of drug-likeness (QED) is 0.424. The molecule has 1 heterocycles. The summed E-state index contributed by atoms with van der Waals surface area (Å²) < 4.78 is 11.5. The van der Waals surface area contributed by atoms with Crippen LogP contribution in [0.25, 0.3) is 0 Å². The minimum atomic E-state index is -0.643. The number of nitrogens with one attached hydrogen (secondary N) is 2. The zero-order chi connectivity index (χ0) is 20.8. The molecule has 0 bridgehead atoms. The van der Waals surface area contributed by atoms with Crippen molar-refractivity contribution in [3.63, 3.8) is 0 Å². The molecule has 0 spiro atoms. The van der Waals surface area contributed by atoms with Crippen molar-refractivity contribution in [1.82, 2.24) is 5.32 Å². The number of amides is 1. The van der Waals surface area contributed by atoms with Gasteiger partial charge in [-0.15, -0.1) is 12.4 Å². The smallest absolute Gasteiger partial charge is 0.314 e. The van der Waals surface area contributed by atoms with Gasteiger partial charge in [-0.05, 0) is 31.4 Å². The average molecular weight is 441 g/mol. The molecule has 1 unspecified atom stereocenters. The summed E-state index contributed by atoms with van der Waals surface area (Å²) in [5.41, 5.74) is 1.32. The van der Waals surface area contributed by atoms with Gasteiger partial charge in [0.25, 0.3) is 0 Å². The van der Waals surface area contributed by atoms with Crippen molar-refractivity contribution in [2.45, 2.75) is 70.9 Å².